The Morgan fingerprint density at radius 3 is 2.29 bits per heavy atom. The maximum Gasteiger partial charge on any atom is 0.289 e. The fourth-order valence-corrected chi connectivity index (χ4v) is 5.75. The molecule has 4 rings (SSSR count). The lowest BCUT2D eigenvalue weighted by Crippen LogP contribution is -2.29. The summed E-state index contributed by atoms with van der Waals surface area (Å²) in [6.07, 6.45) is 5.27. The van der Waals surface area contributed by atoms with Gasteiger partial charge in [0, 0.05) is 23.2 Å². The van der Waals surface area contributed by atoms with Crippen LogP contribution in [0.5, 0.6) is 0 Å². The first-order chi connectivity index (χ1) is 16.2. The lowest BCUT2D eigenvalue weighted by molar-refractivity contribution is 0.287. The fourth-order valence-electron chi connectivity index (χ4n) is 4.93. The Kier molecular flexibility index (Phi) is 6.10. The Hall–Kier alpha value is -2.75. The number of amidine groups is 1. The van der Waals surface area contributed by atoms with E-state index in [9.17, 15) is 23.8 Å². The fraction of sp³-hybridized carbons (Fsp3) is 0.360. The molecule has 0 amide bonds. The average Bonchev–Trinajstić information content (AvgIpc) is 2.77. The average molecular weight is 516 g/mol. The molecule has 0 spiro atoms. The van der Waals surface area contributed by atoms with Crippen LogP contribution in [0.3, 0.4) is 0 Å². The summed E-state index contributed by atoms with van der Waals surface area (Å²) < 4.78 is 77.2. The van der Waals surface area contributed by atoms with E-state index in [2.05, 4.69) is 10.3 Å². The molecule has 0 bridgehead atoms. The molecule has 10 heteroatoms. The van der Waals surface area contributed by atoms with E-state index in [1.807, 2.05) is 13.0 Å². The van der Waals surface area contributed by atoms with Gasteiger partial charge in [0.2, 0.25) is 0 Å². The van der Waals surface area contributed by atoms with Crippen molar-refractivity contribution < 1.29 is 23.8 Å². The summed E-state index contributed by atoms with van der Waals surface area (Å²) in [5.41, 5.74) is 1.71. The zero-order valence-corrected chi connectivity index (χ0v) is 19.9. The molecular formula is C25H27F6N3S. The number of aromatic nitrogens is 1. The Labute approximate surface area is 200 Å². The topological polar surface area (TPSA) is 48.8 Å². The summed E-state index contributed by atoms with van der Waals surface area (Å²) in [5, 5.41) is 12.1. The van der Waals surface area contributed by atoms with Crippen LogP contribution >= 0.6 is 10.2 Å². The van der Waals surface area contributed by atoms with Crippen LogP contribution < -0.4 is 5.32 Å². The third-order valence-electron chi connectivity index (χ3n) is 6.78. The molecule has 1 unspecified atom stereocenters. The molecule has 2 aromatic carbocycles. The molecule has 2 N–H and O–H groups in total. The van der Waals surface area contributed by atoms with Crippen molar-refractivity contribution in [1.82, 2.24) is 4.98 Å². The monoisotopic (exact) mass is 515 g/mol. The number of hydrogen-bond donors (Lipinski definition) is 2. The van der Waals surface area contributed by atoms with Crippen molar-refractivity contribution >= 4 is 32.6 Å². The highest BCUT2D eigenvalue weighted by atomic mass is 32.5. The molecule has 1 heterocycles. The van der Waals surface area contributed by atoms with Crippen molar-refractivity contribution in [3.63, 3.8) is 0 Å². The Morgan fingerprint density at radius 1 is 1.00 bits per heavy atom. The summed E-state index contributed by atoms with van der Waals surface area (Å²) in [4.78, 5) is 4.32. The van der Waals surface area contributed by atoms with Crippen LogP contribution in [0, 0.1) is 23.1 Å². The van der Waals surface area contributed by atoms with Gasteiger partial charge in [0.05, 0.1) is 5.52 Å². The predicted octanol–water partition coefficient (Wildman–Crippen LogP) is 9.17. The van der Waals surface area contributed by atoms with Gasteiger partial charge in [-0.05, 0) is 85.0 Å². The summed E-state index contributed by atoms with van der Waals surface area (Å²) >= 11 is 0. The Bertz CT molecular complexity index is 1240. The molecule has 35 heavy (non-hydrogen) atoms. The second-order valence-electron chi connectivity index (χ2n) is 9.47. The molecule has 190 valence electrons. The number of nitrogens with zero attached hydrogens (tertiary/aromatic N) is 1. The predicted molar refractivity (Wildman–Crippen MR) is 130 cm³/mol. The highest BCUT2D eigenvalue weighted by Gasteiger charge is 2.63. The van der Waals surface area contributed by atoms with Crippen LogP contribution in [0.2, 0.25) is 0 Å². The third-order valence-corrected chi connectivity index (χ3v) is 7.66. The molecule has 0 radical (unpaired) electrons. The maximum atomic E-state index is 13.8. The quantitative estimate of drug-likeness (QED) is 0.195. The van der Waals surface area contributed by atoms with Crippen molar-refractivity contribution in [2.24, 2.45) is 11.8 Å². The number of benzene rings is 2. The van der Waals surface area contributed by atoms with Crippen molar-refractivity contribution in [3.8, 4) is 0 Å². The van der Waals surface area contributed by atoms with E-state index in [0.29, 0.717) is 5.69 Å². The molecule has 1 fully saturated rings. The normalized spacial score (nSPS) is 21.7. The minimum Gasteiger partial charge on any atom is -0.344 e. The van der Waals surface area contributed by atoms with Gasteiger partial charge < -0.3 is 5.32 Å². The van der Waals surface area contributed by atoms with Crippen LogP contribution in [0.15, 0.2) is 54.7 Å². The van der Waals surface area contributed by atoms with Crippen LogP contribution in [0.25, 0.3) is 10.9 Å². The number of pyridine rings is 1. The molecule has 1 saturated carbocycles. The smallest absolute Gasteiger partial charge is 0.289 e. The van der Waals surface area contributed by atoms with Crippen LogP contribution in [0.4, 0.5) is 29.5 Å². The minimum absolute atomic E-state index is 0.119. The van der Waals surface area contributed by atoms with E-state index in [1.54, 1.807) is 12.3 Å². The number of halogens is 6. The number of fused-ring (bicyclic) bond motifs is 1. The van der Waals surface area contributed by atoms with Crippen molar-refractivity contribution in [2.45, 2.75) is 44.3 Å². The van der Waals surface area contributed by atoms with Gasteiger partial charge in [0.25, 0.3) is 10.2 Å². The molecule has 1 aromatic heterocycles. The van der Waals surface area contributed by atoms with E-state index in [0.717, 1.165) is 54.3 Å². The Morgan fingerprint density at radius 2 is 1.66 bits per heavy atom. The minimum atomic E-state index is -9.52. The van der Waals surface area contributed by atoms with E-state index in [4.69, 9.17) is 5.41 Å². The number of hydrogen-bond acceptors (Lipinski definition) is 2. The first-order valence-electron chi connectivity index (χ1n) is 11.4. The molecule has 1 aliphatic carbocycles. The van der Waals surface area contributed by atoms with Gasteiger partial charge in [-0.3, -0.25) is 10.4 Å². The molecule has 1 aliphatic rings. The van der Waals surface area contributed by atoms with Crippen molar-refractivity contribution in [3.05, 3.63) is 71.7 Å². The van der Waals surface area contributed by atoms with E-state index < -0.39 is 21.5 Å². The van der Waals surface area contributed by atoms with Crippen LogP contribution in [0.1, 0.15) is 49.7 Å². The van der Waals surface area contributed by atoms with Crippen molar-refractivity contribution in [1.29, 1.82) is 5.41 Å². The van der Waals surface area contributed by atoms with Gasteiger partial charge in [-0.25, -0.2) is 4.39 Å². The summed E-state index contributed by atoms with van der Waals surface area (Å²) in [6, 6.07) is 11.1. The maximum absolute atomic E-state index is 13.8. The van der Waals surface area contributed by atoms with E-state index in [-0.39, 0.29) is 29.4 Å². The highest BCUT2D eigenvalue weighted by Crippen LogP contribution is 2.99. The lowest BCUT2D eigenvalue weighted by atomic mass is 9.73. The largest absolute Gasteiger partial charge is 0.344 e. The van der Waals surface area contributed by atoms with Gasteiger partial charge in [0.1, 0.15) is 17.4 Å². The standard InChI is InChI=1S/C25H27F6N3S/c1-16(25(32)34-21-9-2-17(3-10-21)15-35(27,28,29,30)31)18-4-6-19(7-5-18)22-12-13-33-24-11-8-20(26)14-23(22)24/h2-3,8-14,16,18-19H,4-7,15H2,1H3,(H2,32,34). The molecule has 0 aliphatic heterocycles. The Balaban J connectivity index is 1.35. The van der Waals surface area contributed by atoms with Crippen molar-refractivity contribution in [2.75, 3.05) is 5.32 Å². The second-order valence-corrected chi connectivity index (χ2v) is 12.0. The summed E-state index contributed by atoms with van der Waals surface area (Å²) in [7, 11) is -9.52. The number of anilines is 1. The summed E-state index contributed by atoms with van der Waals surface area (Å²) in [6.45, 7) is 1.93. The van der Waals surface area contributed by atoms with Gasteiger partial charge in [-0.1, -0.05) is 38.5 Å². The lowest BCUT2D eigenvalue weighted by Gasteiger charge is -2.40. The molecule has 0 saturated heterocycles. The van der Waals surface area contributed by atoms with Gasteiger partial charge in [0.15, 0.2) is 0 Å². The number of nitrogens with one attached hydrogen (secondary N) is 2. The van der Waals surface area contributed by atoms with Gasteiger partial charge >= 0.3 is 0 Å². The second kappa shape index (κ2) is 8.43. The first-order valence-corrected chi connectivity index (χ1v) is 13.5. The first kappa shape index (κ1) is 25.3. The van der Waals surface area contributed by atoms with Gasteiger partial charge in [-0.2, -0.15) is 0 Å². The zero-order chi connectivity index (χ0) is 25.5. The highest BCUT2D eigenvalue weighted by molar-refractivity contribution is 8.45. The molecular weight excluding hydrogens is 488 g/mol. The van der Waals surface area contributed by atoms with Gasteiger partial charge in [-0.15, -0.1) is 0 Å². The van der Waals surface area contributed by atoms with Crippen LogP contribution in [-0.4, -0.2) is 10.8 Å². The third kappa shape index (κ3) is 6.68. The zero-order valence-electron chi connectivity index (χ0n) is 19.1. The van der Waals surface area contributed by atoms with E-state index >= 15 is 0 Å². The number of rotatable bonds is 6. The van der Waals surface area contributed by atoms with Crippen LogP contribution in [-0.2, 0) is 5.75 Å². The molecule has 3 nitrogen and oxygen atoms in total. The molecule has 1 atom stereocenters. The van der Waals surface area contributed by atoms with E-state index in [1.165, 1.54) is 24.3 Å². The molecule has 3 aromatic rings. The summed E-state index contributed by atoms with van der Waals surface area (Å²) in [5.74, 6) is -1.91. The SMILES string of the molecule is CC(C(=N)Nc1ccc(CS(F)(F)(F)(F)F)cc1)C1CCC(c2ccnc3ccc(F)cc23)CC1.